The molecule has 0 saturated carbocycles. The highest BCUT2D eigenvalue weighted by atomic mass is 35.5. The molecule has 1 rings (SSSR count). The number of rotatable bonds is 6. The molecule has 1 aromatic rings. The summed E-state index contributed by atoms with van der Waals surface area (Å²) in [6, 6.07) is 8.05. The minimum atomic E-state index is -0.0857. The topological polar surface area (TPSA) is 35.2 Å². The second-order valence-corrected chi connectivity index (χ2v) is 5.53. The lowest BCUT2D eigenvalue weighted by Crippen LogP contribution is -2.29. The zero-order chi connectivity index (χ0) is 12.9. The monoisotopic (exact) mass is 255 g/mol. The van der Waals surface area contributed by atoms with Crippen LogP contribution in [0.25, 0.3) is 0 Å². The standard InChI is InChI=1S/C14H22ClNO/c1-14(2,17-3)9-8-13(16)10-11-4-6-12(15)7-5-11/h4-7,13H,8-10,16H2,1-3H3. The summed E-state index contributed by atoms with van der Waals surface area (Å²) < 4.78 is 5.38. The molecule has 2 nitrogen and oxygen atoms in total. The quantitative estimate of drug-likeness (QED) is 0.846. The summed E-state index contributed by atoms with van der Waals surface area (Å²) in [6.07, 6.45) is 2.82. The van der Waals surface area contributed by atoms with Gasteiger partial charge in [-0.05, 0) is 50.8 Å². The molecule has 1 unspecified atom stereocenters. The summed E-state index contributed by atoms with van der Waals surface area (Å²) in [7, 11) is 1.74. The molecule has 0 bridgehead atoms. The normalized spacial score (nSPS) is 13.7. The maximum atomic E-state index is 6.12. The summed E-state index contributed by atoms with van der Waals surface area (Å²) in [5, 5.41) is 0.767. The first-order valence-electron chi connectivity index (χ1n) is 5.98. The van der Waals surface area contributed by atoms with Crippen LogP contribution >= 0.6 is 11.6 Å². The number of benzene rings is 1. The van der Waals surface area contributed by atoms with Crippen molar-refractivity contribution in [2.75, 3.05) is 7.11 Å². The van der Waals surface area contributed by atoms with E-state index in [1.165, 1.54) is 5.56 Å². The minimum absolute atomic E-state index is 0.0857. The van der Waals surface area contributed by atoms with E-state index < -0.39 is 0 Å². The Morgan fingerprint density at radius 3 is 2.41 bits per heavy atom. The van der Waals surface area contributed by atoms with E-state index in [-0.39, 0.29) is 11.6 Å². The largest absolute Gasteiger partial charge is 0.379 e. The molecule has 0 heterocycles. The molecule has 0 aliphatic carbocycles. The fourth-order valence-corrected chi connectivity index (χ4v) is 1.79. The van der Waals surface area contributed by atoms with Crippen molar-refractivity contribution in [3.8, 4) is 0 Å². The first kappa shape index (κ1) is 14.5. The van der Waals surface area contributed by atoms with E-state index in [2.05, 4.69) is 13.8 Å². The van der Waals surface area contributed by atoms with Crippen molar-refractivity contribution in [3.05, 3.63) is 34.9 Å². The van der Waals surface area contributed by atoms with Crippen molar-refractivity contribution in [1.82, 2.24) is 0 Å². The minimum Gasteiger partial charge on any atom is -0.379 e. The second kappa shape index (κ2) is 6.39. The fourth-order valence-electron chi connectivity index (χ4n) is 1.66. The highest BCUT2D eigenvalue weighted by molar-refractivity contribution is 6.30. The number of ether oxygens (including phenoxy) is 1. The maximum absolute atomic E-state index is 6.12. The van der Waals surface area contributed by atoms with Crippen LogP contribution in [0, 0.1) is 0 Å². The Morgan fingerprint density at radius 1 is 1.29 bits per heavy atom. The van der Waals surface area contributed by atoms with Gasteiger partial charge >= 0.3 is 0 Å². The van der Waals surface area contributed by atoms with E-state index >= 15 is 0 Å². The number of halogens is 1. The molecule has 1 atom stereocenters. The van der Waals surface area contributed by atoms with Crippen LogP contribution in [0.5, 0.6) is 0 Å². The predicted molar refractivity (Wildman–Crippen MR) is 73.5 cm³/mol. The van der Waals surface area contributed by atoms with E-state index in [0.717, 1.165) is 24.3 Å². The molecule has 0 amide bonds. The molecule has 2 N–H and O–H groups in total. The van der Waals surface area contributed by atoms with Gasteiger partial charge in [0.1, 0.15) is 0 Å². The lowest BCUT2D eigenvalue weighted by atomic mass is 9.96. The van der Waals surface area contributed by atoms with Gasteiger partial charge in [-0.3, -0.25) is 0 Å². The Morgan fingerprint density at radius 2 is 1.88 bits per heavy atom. The average molecular weight is 256 g/mol. The van der Waals surface area contributed by atoms with Crippen LogP contribution in [0.15, 0.2) is 24.3 Å². The molecule has 0 aliphatic rings. The molecule has 17 heavy (non-hydrogen) atoms. The highest BCUT2D eigenvalue weighted by Gasteiger charge is 2.17. The van der Waals surface area contributed by atoms with Crippen LogP contribution < -0.4 is 5.73 Å². The van der Waals surface area contributed by atoms with Crippen molar-refractivity contribution < 1.29 is 4.74 Å². The van der Waals surface area contributed by atoms with Crippen LogP contribution in [-0.2, 0) is 11.2 Å². The van der Waals surface area contributed by atoms with E-state index in [4.69, 9.17) is 22.1 Å². The highest BCUT2D eigenvalue weighted by Crippen LogP contribution is 2.18. The van der Waals surface area contributed by atoms with Gasteiger partial charge in [0.05, 0.1) is 5.60 Å². The van der Waals surface area contributed by atoms with Gasteiger partial charge < -0.3 is 10.5 Å². The van der Waals surface area contributed by atoms with Crippen molar-refractivity contribution in [3.63, 3.8) is 0 Å². The van der Waals surface area contributed by atoms with Gasteiger partial charge in [0.25, 0.3) is 0 Å². The first-order chi connectivity index (χ1) is 7.93. The molecule has 1 aromatic carbocycles. The van der Waals surface area contributed by atoms with Gasteiger partial charge in [-0.15, -0.1) is 0 Å². The lowest BCUT2D eigenvalue weighted by molar-refractivity contribution is 0.0125. The molecule has 0 radical (unpaired) electrons. The van der Waals surface area contributed by atoms with Gasteiger partial charge in [0, 0.05) is 18.2 Å². The Hall–Kier alpha value is -0.570. The second-order valence-electron chi connectivity index (χ2n) is 5.09. The van der Waals surface area contributed by atoms with Gasteiger partial charge in [-0.25, -0.2) is 0 Å². The third-order valence-electron chi connectivity index (χ3n) is 3.08. The van der Waals surface area contributed by atoms with Crippen molar-refractivity contribution in [2.45, 2.75) is 44.8 Å². The van der Waals surface area contributed by atoms with Crippen molar-refractivity contribution in [2.24, 2.45) is 5.73 Å². The van der Waals surface area contributed by atoms with Gasteiger partial charge in [0.2, 0.25) is 0 Å². The zero-order valence-electron chi connectivity index (χ0n) is 10.9. The summed E-state index contributed by atoms with van der Waals surface area (Å²) in [6.45, 7) is 4.17. The number of hydrogen-bond acceptors (Lipinski definition) is 2. The van der Waals surface area contributed by atoms with E-state index in [0.29, 0.717) is 0 Å². The van der Waals surface area contributed by atoms with Gasteiger partial charge in [0.15, 0.2) is 0 Å². The Balaban J connectivity index is 2.39. The van der Waals surface area contributed by atoms with E-state index in [1.807, 2.05) is 24.3 Å². The lowest BCUT2D eigenvalue weighted by Gasteiger charge is -2.24. The van der Waals surface area contributed by atoms with Crippen LogP contribution in [0.4, 0.5) is 0 Å². The fraction of sp³-hybridized carbons (Fsp3) is 0.571. The molecule has 3 heteroatoms. The molecule has 0 aliphatic heterocycles. The average Bonchev–Trinajstić information content (AvgIpc) is 2.30. The number of hydrogen-bond donors (Lipinski definition) is 1. The molecule has 0 saturated heterocycles. The third-order valence-corrected chi connectivity index (χ3v) is 3.33. The SMILES string of the molecule is COC(C)(C)CCC(N)Cc1ccc(Cl)cc1. The first-order valence-corrected chi connectivity index (χ1v) is 6.36. The van der Waals surface area contributed by atoms with Crippen LogP contribution in [-0.4, -0.2) is 18.8 Å². The van der Waals surface area contributed by atoms with Crippen LogP contribution in [0.1, 0.15) is 32.3 Å². The van der Waals surface area contributed by atoms with E-state index in [1.54, 1.807) is 7.11 Å². The predicted octanol–water partition coefficient (Wildman–Crippen LogP) is 3.42. The Bertz CT molecular complexity index is 335. The summed E-state index contributed by atoms with van der Waals surface area (Å²) in [5.74, 6) is 0. The molecule has 0 aromatic heterocycles. The number of methoxy groups -OCH3 is 1. The summed E-state index contributed by atoms with van der Waals surface area (Å²) in [5.41, 5.74) is 7.26. The molecule has 0 spiro atoms. The maximum Gasteiger partial charge on any atom is 0.0623 e. The molecule has 96 valence electrons. The van der Waals surface area contributed by atoms with Crippen molar-refractivity contribution in [1.29, 1.82) is 0 Å². The summed E-state index contributed by atoms with van der Waals surface area (Å²) in [4.78, 5) is 0. The smallest absolute Gasteiger partial charge is 0.0623 e. The third kappa shape index (κ3) is 5.53. The van der Waals surface area contributed by atoms with Crippen LogP contribution in [0.2, 0.25) is 5.02 Å². The van der Waals surface area contributed by atoms with Crippen molar-refractivity contribution >= 4 is 11.6 Å². The molecule has 0 fully saturated rings. The Kier molecular flexibility index (Phi) is 5.44. The summed E-state index contributed by atoms with van der Waals surface area (Å²) >= 11 is 5.84. The van der Waals surface area contributed by atoms with Crippen LogP contribution in [0.3, 0.4) is 0 Å². The zero-order valence-corrected chi connectivity index (χ0v) is 11.6. The molecular formula is C14H22ClNO. The molecular weight excluding hydrogens is 234 g/mol. The van der Waals surface area contributed by atoms with Gasteiger partial charge in [-0.1, -0.05) is 23.7 Å². The van der Waals surface area contributed by atoms with Gasteiger partial charge in [-0.2, -0.15) is 0 Å². The number of nitrogens with two attached hydrogens (primary N) is 1. The Labute approximate surface area is 109 Å². The van der Waals surface area contributed by atoms with E-state index in [9.17, 15) is 0 Å².